The van der Waals surface area contributed by atoms with Crippen LogP contribution in [0, 0.1) is 5.82 Å². The van der Waals surface area contributed by atoms with Crippen LogP contribution < -0.4 is 5.32 Å². The number of hydrogen-bond acceptors (Lipinski definition) is 1. The molecule has 0 aliphatic carbocycles. The van der Waals surface area contributed by atoms with E-state index in [0.29, 0.717) is 0 Å². The van der Waals surface area contributed by atoms with Gasteiger partial charge in [-0.25, -0.2) is 4.39 Å². The molecule has 0 radical (unpaired) electrons. The SMILES string of the molecule is CCNC(C=C(C)C)c1cccc(F)c1Cl. The first-order valence-corrected chi connectivity index (χ1v) is 5.76. The summed E-state index contributed by atoms with van der Waals surface area (Å²) in [5.41, 5.74) is 1.95. The van der Waals surface area contributed by atoms with E-state index in [9.17, 15) is 4.39 Å². The Morgan fingerprint density at radius 2 is 2.19 bits per heavy atom. The molecule has 0 saturated carbocycles. The fourth-order valence-corrected chi connectivity index (χ4v) is 1.82. The average molecular weight is 242 g/mol. The lowest BCUT2D eigenvalue weighted by Gasteiger charge is -2.16. The zero-order valence-corrected chi connectivity index (χ0v) is 10.6. The third kappa shape index (κ3) is 3.32. The second-order valence-corrected chi connectivity index (χ2v) is 4.30. The molecule has 0 bridgehead atoms. The molecule has 0 aliphatic heterocycles. The molecule has 1 aromatic rings. The molecule has 0 spiro atoms. The van der Waals surface area contributed by atoms with E-state index in [1.807, 2.05) is 32.9 Å². The summed E-state index contributed by atoms with van der Waals surface area (Å²) in [6.45, 7) is 6.84. The second-order valence-electron chi connectivity index (χ2n) is 3.92. The summed E-state index contributed by atoms with van der Waals surface area (Å²) in [5, 5.41) is 3.47. The standard InChI is InChI=1S/C13H17ClFN/c1-4-16-12(8-9(2)3)10-6-5-7-11(15)13(10)14/h5-8,12,16H,4H2,1-3H3. The first-order chi connectivity index (χ1) is 7.56. The van der Waals surface area contributed by atoms with Crippen LogP contribution in [0.3, 0.4) is 0 Å². The minimum Gasteiger partial charge on any atom is -0.307 e. The maximum atomic E-state index is 13.3. The highest BCUT2D eigenvalue weighted by Crippen LogP contribution is 2.27. The van der Waals surface area contributed by atoms with Gasteiger partial charge in [0.2, 0.25) is 0 Å². The van der Waals surface area contributed by atoms with E-state index in [1.54, 1.807) is 6.07 Å². The van der Waals surface area contributed by atoms with Crippen molar-refractivity contribution in [3.63, 3.8) is 0 Å². The molecule has 0 saturated heterocycles. The predicted molar refractivity (Wildman–Crippen MR) is 67.3 cm³/mol. The fraction of sp³-hybridized carbons (Fsp3) is 0.385. The van der Waals surface area contributed by atoms with Gasteiger partial charge in [-0.2, -0.15) is 0 Å². The van der Waals surface area contributed by atoms with Gasteiger partial charge in [0.15, 0.2) is 0 Å². The van der Waals surface area contributed by atoms with Crippen LogP contribution in [0.25, 0.3) is 0 Å². The van der Waals surface area contributed by atoms with Gasteiger partial charge in [-0.15, -0.1) is 0 Å². The number of rotatable bonds is 4. The van der Waals surface area contributed by atoms with Crippen LogP contribution in [0.5, 0.6) is 0 Å². The highest BCUT2D eigenvalue weighted by Gasteiger charge is 2.13. The lowest BCUT2D eigenvalue weighted by atomic mass is 10.0. The average Bonchev–Trinajstić information content (AvgIpc) is 2.21. The van der Waals surface area contributed by atoms with Crippen molar-refractivity contribution in [3.05, 3.63) is 46.3 Å². The molecule has 1 N–H and O–H groups in total. The number of halogens is 2. The van der Waals surface area contributed by atoms with Crippen molar-refractivity contribution in [2.75, 3.05) is 6.54 Å². The van der Waals surface area contributed by atoms with Crippen molar-refractivity contribution >= 4 is 11.6 Å². The lowest BCUT2D eigenvalue weighted by molar-refractivity contribution is 0.609. The molecule has 0 heterocycles. The molecule has 1 nitrogen and oxygen atoms in total. The Bertz CT molecular complexity index is 384. The Balaban J connectivity index is 3.10. The van der Waals surface area contributed by atoms with E-state index < -0.39 is 0 Å². The number of hydrogen-bond donors (Lipinski definition) is 1. The van der Waals surface area contributed by atoms with Gasteiger partial charge in [0.25, 0.3) is 0 Å². The number of allylic oxidation sites excluding steroid dienone is 1. The lowest BCUT2D eigenvalue weighted by Crippen LogP contribution is -2.19. The summed E-state index contributed by atoms with van der Waals surface area (Å²) in [5.74, 6) is -0.371. The summed E-state index contributed by atoms with van der Waals surface area (Å²) in [7, 11) is 0. The predicted octanol–water partition coefficient (Wildman–Crippen LogP) is 4.10. The number of benzene rings is 1. The van der Waals surface area contributed by atoms with Crippen molar-refractivity contribution in [1.29, 1.82) is 0 Å². The maximum absolute atomic E-state index is 13.3. The summed E-state index contributed by atoms with van der Waals surface area (Å²) in [6, 6.07) is 4.87. The van der Waals surface area contributed by atoms with Crippen LogP contribution in [-0.4, -0.2) is 6.54 Å². The number of likely N-dealkylation sites (N-methyl/N-ethyl adjacent to an activating group) is 1. The minimum absolute atomic E-state index is 0.0294. The molecule has 1 unspecified atom stereocenters. The van der Waals surface area contributed by atoms with Gasteiger partial charge in [0.1, 0.15) is 5.82 Å². The maximum Gasteiger partial charge on any atom is 0.142 e. The smallest absolute Gasteiger partial charge is 0.142 e. The van der Waals surface area contributed by atoms with Gasteiger partial charge in [0.05, 0.1) is 11.1 Å². The topological polar surface area (TPSA) is 12.0 Å². The van der Waals surface area contributed by atoms with E-state index in [2.05, 4.69) is 5.32 Å². The molecule has 0 aromatic heterocycles. The minimum atomic E-state index is -0.371. The molecule has 0 aliphatic rings. The van der Waals surface area contributed by atoms with Gasteiger partial charge in [0, 0.05) is 0 Å². The van der Waals surface area contributed by atoms with Crippen LogP contribution in [0.1, 0.15) is 32.4 Å². The van der Waals surface area contributed by atoms with Crippen molar-refractivity contribution in [2.24, 2.45) is 0 Å². The molecule has 88 valence electrons. The summed E-state index contributed by atoms with van der Waals surface area (Å²) in [4.78, 5) is 0. The summed E-state index contributed by atoms with van der Waals surface area (Å²) in [6.07, 6.45) is 2.05. The summed E-state index contributed by atoms with van der Waals surface area (Å²) >= 11 is 5.96. The largest absolute Gasteiger partial charge is 0.307 e. The highest BCUT2D eigenvalue weighted by molar-refractivity contribution is 6.31. The third-order valence-corrected chi connectivity index (χ3v) is 2.64. The Hall–Kier alpha value is -0.860. The van der Waals surface area contributed by atoms with E-state index in [1.165, 1.54) is 11.6 Å². The van der Waals surface area contributed by atoms with Crippen LogP contribution in [0.2, 0.25) is 5.02 Å². The third-order valence-electron chi connectivity index (χ3n) is 2.24. The molecular weight excluding hydrogens is 225 g/mol. The quantitative estimate of drug-likeness (QED) is 0.783. The van der Waals surface area contributed by atoms with Gasteiger partial charge in [-0.05, 0) is 32.0 Å². The fourth-order valence-electron chi connectivity index (χ4n) is 1.57. The van der Waals surface area contributed by atoms with Crippen LogP contribution in [0.4, 0.5) is 4.39 Å². The molecule has 0 amide bonds. The van der Waals surface area contributed by atoms with E-state index in [0.717, 1.165) is 12.1 Å². The zero-order valence-electron chi connectivity index (χ0n) is 9.85. The molecule has 16 heavy (non-hydrogen) atoms. The van der Waals surface area contributed by atoms with E-state index >= 15 is 0 Å². The highest BCUT2D eigenvalue weighted by atomic mass is 35.5. The Morgan fingerprint density at radius 3 is 2.75 bits per heavy atom. The Morgan fingerprint density at radius 1 is 1.50 bits per heavy atom. The first-order valence-electron chi connectivity index (χ1n) is 5.38. The van der Waals surface area contributed by atoms with Crippen LogP contribution >= 0.6 is 11.6 Å². The van der Waals surface area contributed by atoms with Crippen molar-refractivity contribution < 1.29 is 4.39 Å². The Kier molecular flexibility index (Phi) is 4.97. The molecule has 3 heteroatoms. The van der Waals surface area contributed by atoms with E-state index in [4.69, 9.17) is 11.6 Å². The summed E-state index contributed by atoms with van der Waals surface area (Å²) < 4.78 is 13.3. The zero-order chi connectivity index (χ0) is 12.1. The van der Waals surface area contributed by atoms with Gasteiger partial charge in [-0.3, -0.25) is 0 Å². The van der Waals surface area contributed by atoms with Crippen LogP contribution in [0.15, 0.2) is 29.8 Å². The molecule has 1 rings (SSSR count). The van der Waals surface area contributed by atoms with Crippen LogP contribution in [-0.2, 0) is 0 Å². The van der Waals surface area contributed by atoms with Gasteiger partial charge < -0.3 is 5.32 Å². The second kappa shape index (κ2) is 6.02. The van der Waals surface area contributed by atoms with Crippen molar-refractivity contribution in [1.82, 2.24) is 5.32 Å². The molecular formula is C13H17ClFN. The van der Waals surface area contributed by atoms with Crippen molar-refractivity contribution in [3.8, 4) is 0 Å². The molecule has 1 atom stereocenters. The number of nitrogens with one attached hydrogen (secondary N) is 1. The van der Waals surface area contributed by atoms with Gasteiger partial charge in [-0.1, -0.05) is 42.3 Å². The molecule has 1 aromatic carbocycles. The first kappa shape index (κ1) is 13.2. The van der Waals surface area contributed by atoms with E-state index in [-0.39, 0.29) is 16.9 Å². The van der Waals surface area contributed by atoms with Crippen molar-refractivity contribution in [2.45, 2.75) is 26.8 Å². The Labute approximate surface area is 101 Å². The molecule has 0 fully saturated rings. The monoisotopic (exact) mass is 241 g/mol. The normalized spacial score (nSPS) is 12.3. The van der Waals surface area contributed by atoms with Gasteiger partial charge >= 0.3 is 0 Å².